The van der Waals surface area contributed by atoms with Gasteiger partial charge in [-0.2, -0.15) is 0 Å². The van der Waals surface area contributed by atoms with Crippen LogP contribution in [0.5, 0.6) is 5.75 Å². The SMILES string of the molecule is CC(C)OCCCCN=C(N)Nc1ccccc1OC(F)(F)F.I. The monoisotopic (exact) mass is 461 g/mol. The summed E-state index contributed by atoms with van der Waals surface area (Å²) in [5, 5.41) is 2.61. The van der Waals surface area contributed by atoms with Gasteiger partial charge in [0.2, 0.25) is 0 Å². The summed E-state index contributed by atoms with van der Waals surface area (Å²) >= 11 is 0. The van der Waals surface area contributed by atoms with Crippen LogP contribution in [-0.2, 0) is 4.74 Å². The average molecular weight is 461 g/mol. The number of nitrogens with one attached hydrogen (secondary N) is 1. The molecule has 0 saturated carbocycles. The largest absolute Gasteiger partial charge is 0.573 e. The van der Waals surface area contributed by atoms with Gasteiger partial charge in [-0.05, 0) is 38.8 Å². The molecule has 0 saturated heterocycles. The third kappa shape index (κ3) is 10.5. The van der Waals surface area contributed by atoms with Gasteiger partial charge in [0, 0.05) is 13.2 Å². The number of halogens is 4. The molecule has 0 aliphatic rings. The Morgan fingerprint density at radius 3 is 2.54 bits per heavy atom. The summed E-state index contributed by atoms with van der Waals surface area (Å²) in [6.07, 6.45) is -2.96. The maximum atomic E-state index is 12.3. The number of alkyl halides is 3. The van der Waals surface area contributed by atoms with E-state index in [-0.39, 0.29) is 47.5 Å². The number of aliphatic imine (C=N–C) groups is 1. The quantitative estimate of drug-likeness (QED) is 0.265. The number of ether oxygens (including phenoxy) is 2. The number of nitrogens with two attached hydrogens (primary N) is 1. The molecule has 1 aromatic carbocycles. The van der Waals surface area contributed by atoms with Gasteiger partial charge < -0.3 is 20.5 Å². The van der Waals surface area contributed by atoms with E-state index in [9.17, 15) is 13.2 Å². The summed E-state index contributed by atoms with van der Waals surface area (Å²) in [5.41, 5.74) is 5.78. The Hall–Kier alpha value is -1.23. The number of hydrogen-bond acceptors (Lipinski definition) is 3. The molecule has 0 atom stereocenters. The fourth-order valence-corrected chi connectivity index (χ4v) is 1.69. The molecule has 5 nitrogen and oxygen atoms in total. The van der Waals surface area contributed by atoms with E-state index in [0.29, 0.717) is 13.2 Å². The second-order valence-electron chi connectivity index (χ2n) is 5.06. The van der Waals surface area contributed by atoms with Crippen molar-refractivity contribution in [3.8, 4) is 5.75 Å². The molecule has 0 fully saturated rings. The van der Waals surface area contributed by atoms with Crippen molar-refractivity contribution < 1.29 is 22.6 Å². The van der Waals surface area contributed by atoms with Crippen LogP contribution in [0.4, 0.5) is 18.9 Å². The first-order valence-corrected chi connectivity index (χ1v) is 7.31. The molecule has 24 heavy (non-hydrogen) atoms. The Kier molecular flexibility index (Phi) is 10.8. The molecule has 1 aromatic rings. The van der Waals surface area contributed by atoms with Gasteiger partial charge in [-0.3, -0.25) is 4.99 Å². The van der Waals surface area contributed by atoms with E-state index >= 15 is 0 Å². The van der Waals surface area contributed by atoms with E-state index in [2.05, 4.69) is 15.0 Å². The zero-order chi connectivity index (χ0) is 17.3. The van der Waals surface area contributed by atoms with E-state index in [0.717, 1.165) is 12.8 Å². The van der Waals surface area contributed by atoms with Crippen molar-refractivity contribution >= 4 is 35.6 Å². The van der Waals surface area contributed by atoms with E-state index in [4.69, 9.17) is 10.5 Å². The summed E-state index contributed by atoms with van der Waals surface area (Å²) in [5.74, 6) is -0.323. The van der Waals surface area contributed by atoms with Crippen molar-refractivity contribution in [2.75, 3.05) is 18.5 Å². The Morgan fingerprint density at radius 1 is 1.25 bits per heavy atom. The predicted molar refractivity (Wildman–Crippen MR) is 99.0 cm³/mol. The molecule has 0 bridgehead atoms. The van der Waals surface area contributed by atoms with Crippen LogP contribution in [0.2, 0.25) is 0 Å². The van der Waals surface area contributed by atoms with Crippen LogP contribution in [0, 0.1) is 0 Å². The topological polar surface area (TPSA) is 68.9 Å². The van der Waals surface area contributed by atoms with Crippen molar-refractivity contribution in [3.05, 3.63) is 24.3 Å². The van der Waals surface area contributed by atoms with E-state index in [1.54, 1.807) is 6.07 Å². The van der Waals surface area contributed by atoms with Gasteiger partial charge in [0.15, 0.2) is 11.7 Å². The predicted octanol–water partition coefficient (Wildman–Crippen LogP) is 4.14. The van der Waals surface area contributed by atoms with Gasteiger partial charge >= 0.3 is 6.36 Å². The van der Waals surface area contributed by atoms with Crippen molar-refractivity contribution in [2.45, 2.75) is 39.2 Å². The van der Waals surface area contributed by atoms with Gasteiger partial charge in [0.25, 0.3) is 0 Å². The second kappa shape index (κ2) is 11.3. The number of rotatable bonds is 8. The lowest BCUT2D eigenvalue weighted by atomic mass is 10.3. The lowest BCUT2D eigenvalue weighted by Crippen LogP contribution is -2.24. The van der Waals surface area contributed by atoms with Crippen LogP contribution in [0.15, 0.2) is 29.3 Å². The Morgan fingerprint density at radius 2 is 1.92 bits per heavy atom. The number of benzene rings is 1. The fourth-order valence-electron chi connectivity index (χ4n) is 1.69. The van der Waals surface area contributed by atoms with E-state index in [1.807, 2.05) is 13.8 Å². The van der Waals surface area contributed by atoms with Gasteiger partial charge in [-0.1, -0.05) is 12.1 Å². The highest BCUT2D eigenvalue weighted by atomic mass is 127. The molecule has 0 spiro atoms. The smallest absolute Gasteiger partial charge is 0.404 e. The number of guanidine groups is 1. The number of hydrogen-bond donors (Lipinski definition) is 2. The van der Waals surface area contributed by atoms with Crippen LogP contribution < -0.4 is 15.8 Å². The summed E-state index contributed by atoms with van der Waals surface area (Å²) in [6.45, 7) is 5.02. The zero-order valence-corrected chi connectivity index (χ0v) is 15.9. The lowest BCUT2D eigenvalue weighted by molar-refractivity contribution is -0.274. The Labute approximate surface area is 156 Å². The second-order valence-corrected chi connectivity index (χ2v) is 5.06. The van der Waals surface area contributed by atoms with Gasteiger partial charge in [0.1, 0.15) is 0 Å². The molecular weight excluding hydrogens is 438 g/mol. The average Bonchev–Trinajstić information content (AvgIpc) is 2.43. The number of unbranched alkanes of at least 4 members (excludes halogenated alkanes) is 1. The molecule has 0 heterocycles. The van der Waals surface area contributed by atoms with Crippen LogP contribution in [0.3, 0.4) is 0 Å². The Balaban J connectivity index is 0.00000529. The molecule has 0 radical (unpaired) electrons. The molecule has 0 amide bonds. The molecule has 9 heteroatoms. The Bertz CT molecular complexity index is 511. The molecule has 1 rings (SSSR count). The minimum atomic E-state index is -4.76. The summed E-state index contributed by atoms with van der Waals surface area (Å²) in [4.78, 5) is 4.06. The van der Waals surface area contributed by atoms with Gasteiger partial charge in [0.05, 0.1) is 11.8 Å². The third-order valence-electron chi connectivity index (χ3n) is 2.66. The minimum absolute atomic E-state index is 0. The van der Waals surface area contributed by atoms with E-state index < -0.39 is 6.36 Å². The molecule has 138 valence electrons. The first kappa shape index (κ1) is 22.8. The first-order chi connectivity index (χ1) is 10.8. The minimum Gasteiger partial charge on any atom is -0.404 e. The van der Waals surface area contributed by atoms with Crippen molar-refractivity contribution in [1.29, 1.82) is 0 Å². The summed E-state index contributed by atoms with van der Waals surface area (Å²) in [7, 11) is 0. The number of anilines is 1. The van der Waals surface area contributed by atoms with E-state index in [1.165, 1.54) is 18.2 Å². The van der Waals surface area contributed by atoms with Gasteiger partial charge in [-0.15, -0.1) is 37.1 Å². The zero-order valence-electron chi connectivity index (χ0n) is 13.6. The fraction of sp³-hybridized carbons (Fsp3) is 0.533. The normalized spacial score (nSPS) is 12.0. The molecule has 0 aromatic heterocycles. The van der Waals surface area contributed by atoms with Gasteiger partial charge in [-0.25, -0.2) is 0 Å². The molecular formula is C15H23F3IN3O2. The van der Waals surface area contributed by atoms with Crippen LogP contribution >= 0.6 is 24.0 Å². The number of para-hydroxylation sites is 2. The standard InChI is InChI=1S/C15H22F3N3O2.HI/c1-11(2)22-10-6-5-9-20-14(19)21-12-7-3-4-8-13(12)23-15(16,17)18;/h3-4,7-8,11H,5-6,9-10H2,1-2H3,(H3,19,20,21);1H. The highest BCUT2D eigenvalue weighted by Crippen LogP contribution is 2.29. The maximum Gasteiger partial charge on any atom is 0.573 e. The van der Waals surface area contributed by atoms with Crippen molar-refractivity contribution in [3.63, 3.8) is 0 Å². The van der Waals surface area contributed by atoms with Crippen molar-refractivity contribution in [2.24, 2.45) is 10.7 Å². The highest BCUT2D eigenvalue weighted by molar-refractivity contribution is 14.0. The molecule has 0 aliphatic heterocycles. The summed E-state index contributed by atoms with van der Waals surface area (Å²) in [6, 6.07) is 5.64. The number of nitrogens with zero attached hydrogens (tertiary/aromatic N) is 1. The maximum absolute atomic E-state index is 12.3. The van der Waals surface area contributed by atoms with Crippen LogP contribution in [-0.4, -0.2) is 31.6 Å². The molecule has 0 aliphatic carbocycles. The summed E-state index contributed by atoms with van der Waals surface area (Å²) < 4.78 is 46.3. The lowest BCUT2D eigenvalue weighted by Gasteiger charge is -2.14. The first-order valence-electron chi connectivity index (χ1n) is 7.31. The third-order valence-corrected chi connectivity index (χ3v) is 2.66. The van der Waals surface area contributed by atoms with Crippen molar-refractivity contribution in [1.82, 2.24) is 0 Å². The molecule has 3 N–H and O–H groups in total. The molecule has 0 unspecified atom stereocenters. The van der Waals surface area contributed by atoms with Crippen LogP contribution in [0.25, 0.3) is 0 Å². The highest BCUT2D eigenvalue weighted by Gasteiger charge is 2.32. The van der Waals surface area contributed by atoms with Crippen LogP contribution in [0.1, 0.15) is 26.7 Å².